The number of anilines is 2. The minimum atomic E-state index is -0.160. The molecule has 10 heteroatoms. The van der Waals surface area contributed by atoms with E-state index >= 15 is 0 Å². The van der Waals surface area contributed by atoms with E-state index in [-0.39, 0.29) is 38.2 Å². The lowest BCUT2D eigenvalue weighted by atomic mass is 10.3. The van der Waals surface area contributed by atoms with Crippen molar-refractivity contribution >= 4 is 23.2 Å². The second-order valence-electron chi connectivity index (χ2n) is 8.32. The molecule has 10 nitrogen and oxygen atoms in total. The Morgan fingerprint density at radius 3 is 1.11 bits per heavy atom. The van der Waals surface area contributed by atoms with Gasteiger partial charge in [-0.1, -0.05) is 36.4 Å². The zero-order valence-electron chi connectivity index (χ0n) is 21.8. The van der Waals surface area contributed by atoms with Crippen LogP contribution in [-0.4, -0.2) is 104 Å². The van der Waals surface area contributed by atoms with E-state index in [2.05, 4.69) is 0 Å². The quantitative estimate of drug-likeness (QED) is 0.583. The van der Waals surface area contributed by atoms with Gasteiger partial charge in [-0.3, -0.25) is 9.59 Å². The van der Waals surface area contributed by atoms with Gasteiger partial charge in [0, 0.05) is 24.5 Å². The Balaban J connectivity index is 1.49. The molecule has 0 radical (unpaired) electrons. The Bertz CT molecular complexity index is 842. The fourth-order valence-corrected chi connectivity index (χ4v) is 3.68. The number of amides is 2. The van der Waals surface area contributed by atoms with Gasteiger partial charge in [0.05, 0.1) is 66.1 Å². The number of para-hydroxylation sites is 2. The summed E-state index contributed by atoms with van der Waals surface area (Å²) in [5.74, 6) is -0.319. The molecule has 0 N–H and O–H groups in total. The average molecular weight is 531 g/mol. The van der Waals surface area contributed by atoms with Crippen LogP contribution < -0.4 is 9.80 Å². The van der Waals surface area contributed by atoms with Crippen LogP contribution in [0.4, 0.5) is 11.4 Å². The maximum absolute atomic E-state index is 12.8. The molecule has 38 heavy (non-hydrogen) atoms. The molecule has 0 bridgehead atoms. The number of nitrogens with zero attached hydrogens (tertiary/aromatic N) is 2. The number of carbonyl (C=O) groups excluding carboxylic acids is 2. The number of benzene rings is 2. The summed E-state index contributed by atoms with van der Waals surface area (Å²) in [7, 11) is 0. The molecule has 0 spiro atoms. The molecule has 0 unspecified atom stereocenters. The molecule has 3 rings (SSSR count). The first-order valence-corrected chi connectivity index (χ1v) is 12.9. The number of carbonyl (C=O) groups is 2. The topological polar surface area (TPSA) is 96.0 Å². The van der Waals surface area contributed by atoms with Gasteiger partial charge in [-0.25, -0.2) is 0 Å². The minimum absolute atomic E-state index is 0.0678. The fraction of sp³-hybridized carbons (Fsp3) is 0.500. The van der Waals surface area contributed by atoms with Crippen LogP contribution in [0.1, 0.15) is 0 Å². The van der Waals surface area contributed by atoms with Crippen molar-refractivity contribution < 1.29 is 38.0 Å². The van der Waals surface area contributed by atoms with Gasteiger partial charge < -0.3 is 38.2 Å². The molecule has 1 fully saturated rings. The largest absolute Gasteiger partial charge is 0.377 e. The van der Waals surface area contributed by atoms with Crippen molar-refractivity contribution in [3.8, 4) is 0 Å². The van der Waals surface area contributed by atoms with Crippen LogP contribution in [0.15, 0.2) is 60.7 Å². The summed E-state index contributed by atoms with van der Waals surface area (Å²) >= 11 is 0. The average Bonchev–Trinajstić information content (AvgIpc) is 2.95. The van der Waals surface area contributed by atoms with Gasteiger partial charge in [-0.2, -0.15) is 0 Å². The molecule has 0 saturated carbocycles. The van der Waals surface area contributed by atoms with Crippen LogP contribution >= 0.6 is 0 Å². The van der Waals surface area contributed by atoms with Gasteiger partial charge in [0.25, 0.3) is 11.8 Å². The van der Waals surface area contributed by atoms with Gasteiger partial charge in [0.15, 0.2) is 0 Å². The van der Waals surface area contributed by atoms with Crippen molar-refractivity contribution in [3.05, 3.63) is 60.7 Å². The Morgan fingerprint density at radius 1 is 0.421 bits per heavy atom. The minimum Gasteiger partial charge on any atom is -0.377 e. The third-order valence-corrected chi connectivity index (χ3v) is 5.60. The van der Waals surface area contributed by atoms with Crippen LogP contribution in [-0.2, 0) is 38.0 Å². The summed E-state index contributed by atoms with van der Waals surface area (Å²) in [4.78, 5) is 28.9. The van der Waals surface area contributed by atoms with E-state index in [1.165, 1.54) is 0 Å². The van der Waals surface area contributed by atoms with Gasteiger partial charge in [0.2, 0.25) is 0 Å². The molecule has 1 heterocycles. The van der Waals surface area contributed by atoms with E-state index in [0.717, 1.165) is 11.4 Å². The molecule has 2 aromatic rings. The Hall–Kier alpha value is -2.86. The molecule has 208 valence electrons. The second-order valence-corrected chi connectivity index (χ2v) is 8.32. The number of rotatable bonds is 2. The summed E-state index contributed by atoms with van der Waals surface area (Å²) in [6, 6.07) is 18.9. The van der Waals surface area contributed by atoms with Crippen LogP contribution in [0, 0.1) is 0 Å². The van der Waals surface area contributed by atoms with E-state index in [0.29, 0.717) is 65.9 Å². The van der Waals surface area contributed by atoms with Gasteiger partial charge >= 0.3 is 0 Å². The second kappa shape index (κ2) is 18.4. The molecule has 2 aromatic carbocycles. The van der Waals surface area contributed by atoms with E-state index in [4.69, 9.17) is 28.4 Å². The lowest BCUT2D eigenvalue weighted by Gasteiger charge is -2.23. The predicted octanol–water partition coefficient (Wildman–Crippen LogP) is 2.17. The van der Waals surface area contributed by atoms with E-state index in [1.807, 2.05) is 60.7 Å². The van der Waals surface area contributed by atoms with E-state index in [1.54, 1.807) is 9.80 Å². The van der Waals surface area contributed by atoms with Crippen molar-refractivity contribution in [2.45, 2.75) is 0 Å². The highest BCUT2D eigenvalue weighted by atomic mass is 16.6. The maximum Gasteiger partial charge on any atom is 0.253 e. The molecule has 0 aliphatic carbocycles. The van der Waals surface area contributed by atoms with E-state index < -0.39 is 0 Å². The first kappa shape index (κ1) is 29.7. The van der Waals surface area contributed by atoms with Gasteiger partial charge in [-0.05, 0) is 24.3 Å². The normalized spacial score (nSPS) is 19.6. The highest BCUT2D eigenvalue weighted by molar-refractivity contribution is 5.94. The Kier molecular flexibility index (Phi) is 14.4. The number of ether oxygens (including phenoxy) is 6. The van der Waals surface area contributed by atoms with Crippen molar-refractivity contribution in [3.63, 3.8) is 0 Å². The third kappa shape index (κ3) is 11.3. The predicted molar refractivity (Wildman–Crippen MR) is 143 cm³/mol. The van der Waals surface area contributed by atoms with Crippen molar-refractivity contribution in [2.75, 3.05) is 102 Å². The maximum atomic E-state index is 12.8. The van der Waals surface area contributed by atoms with Gasteiger partial charge in [0.1, 0.15) is 13.2 Å². The summed E-state index contributed by atoms with van der Waals surface area (Å²) in [5, 5.41) is 0. The highest BCUT2D eigenvalue weighted by Gasteiger charge is 2.17. The first-order chi connectivity index (χ1) is 18.8. The summed E-state index contributed by atoms with van der Waals surface area (Å²) in [5.41, 5.74) is 1.57. The summed E-state index contributed by atoms with van der Waals surface area (Å²) in [6.07, 6.45) is 0. The lowest BCUT2D eigenvalue weighted by molar-refractivity contribution is -0.124. The molecule has 1 aliphatic rings. The highest BCUT2D eigenvalue weighted by Crippen LogP contribution is 2.14. The smallest absolute Gasteiger partial charge is 0.253 e. The standard InChI is InChI=1S/C28H38N2O8/c31-27-23-37-21-19-36-20-22-38-24-28(32)30(26-9-5-2-6-10-26)12-14-34-16-18-35-17-15-33-13-11-29(27)25-7-3-1-4-8-25/h1-10H,11-24H2. The van der Waals surface area contributed by atoms with Crippen molar-refractivity contribution in [2.24, 2.45) is 0 Å². The monoisotopic (exact) mass is 530 g/mol. The Morgan fingerprint density at radius 2 is 0.737 bits per heavy atom. The number of hydrogen-bond acceptors (Lipinski definition) is 8. The molecule has 0 aromatic heterocycles. The van der Waals surface area contributed by atoms with Crippen LogP contribution in [0.2, 0.25) is 0 Å². The SMILES string of the molecule is O=C1COCCOCCOCC(=O)N(c2ccccc2)CCOCCOCCOCCN1c1ccccc1. The van der Waals surface area contributed by atoms with Crippen molar-refractivity contribution in [1.29, 1.82) is 0 Å². The van der Waals surface area contributed by atoms with E-state index in [9.17, 15) is 9.59 Å². The summed E-state index contributed by atoms with van der Waals surface area (Å²) < 4.78 is 33.5. The fourth-order valence-electron chi connectivity index (χ4n) is 3.68. The zero-order valence-corrected chi connectivity index (χ0v) is 21.8. The van der Waals surface area contributed by atoms with Gasteiger partial charge in [-0.15, -0.1) is 0 Å². The Labute approximate surface area is 224 Å². The van der Waals surface area contributed by atoms with Crippen LogP contribution in [0.3, 0.4) is 0 Å². The molecule has 2 amide bonds. The summed E-state index contributed by atoms with van der Waals surface area (Å²) in [6.45, 7) is 4.20. The van der Waals surface area contributed by atoms with Crippen LogP contribution in [0.25, 0.3) is 0 Å². The molecule has 1 saturated heterocycles. The third-order valence-electron chi connectivity index (χ3n) is 5.60. The zero-order chi connectivity index (χ0) is 26.7. The van der Waals surface area contributed by atoms with Crippen LogP contribution in [0.5, 0.6) is 0 Å². The number of hydrogen-bond donors (Lipinski definition) is 0. The molecule has 0 atom stereocenters. The molecular weight excluding hydrogens is 492 g/mol. The molecule has 1 aliphatic heterocycles. The van der Waals surface area contributed by atoms with Crippen molar-refractivity contribution in [1.82, 2.24) is 0 Å². The molecular formula is C28H38N2O8. The lowest BCUT2D eigenvalue weighted by Crippen LogP contribution is -2.37. The first-order valence-electron chi connectivity index (χ1n) is 12.9.